The van der Waals surface area contributed by atoms with E-state index in [0.717, 1.165) is 42.8 Å². The number of nitrogens with zero attached hydrogens (tertiary/aromatic N) is 4. The van der Waals surface area contributed by atoms with Crippen molar-refractivity contribution in [1.29, 1.82) is 0 Å². The number of hydrogen-bond acceptors (Lipinski definition) is 7. The molecule has 0 unspecified atom stereocenters. The maximum Gasteiger partial charge on any atom is 0.265 e. The van der Waals surface area contributed by atoms with Crippen LogP contribution in [0.15, 0.2) is 24.4 Å². The maximum atomic E-state index is 12.1. The van der Waals surface area contributed by atoms with Crippen molar-refractivity contribution >= 4 is 22.4 Å². The Morgan fingerprint density at radius 1 is 1.14 bits per heavy atom. The molecular formula is C20H26N4O3S. The number of rotatable bonds is 4. The summed E-state index contributed by atoms with van der Waals surface area (Å²) in [6.07, 6.45) is 1.69. The number of aromatic nitrogens is 1. The fourth-order valence-electron chi connectivity index (χ4n) is 3.56. The summed E-state index contributed by atoms with van der Waals surface area (Å²) < 4.78 is 11.3. The Hall–Kier alpha value is -2.32. The van der Waals surface area contributed by atoms with Crippen molar-refractivity contribution in [2.75, 3.05) is 58.4 Å². The standard InChI is InChI=1S/C20H26N4O3S/c1-14(15-4-5-16-17(12-15)27-11-10-26-16)23-6-8-24(9-7-23)20-21-13-18(28-20)19(25)22(2)3/h4-5,12-14H,6-11H2,1-3H3/t14-/m0/s1. The summed E-state index contributed by atoms with van der Waals surface area (Å²) >= 11 is 1.47. The van der Waals surface area contributed by atoms with Crippen LogP contribution in [0.1, 0.15) is 28.2 Å². The van der Waals surface area contributed by atoms with Crippen molar-refractivity contribution in [3.8, 4) is 11.5 Å². The Labute approximate surface area is 169 Å². The second-order valence-electron chi connectivity index (χ2n) is 7.31. The van der Waals surface area contributed by atoms with Crippen LogP contribution in [0.4, 0.5) is 5.13 Å². The number of carbonyl (C=O) groups is 1. The van der Waals surface area contributed by atoms with E-state index < -0.39 is 0 Å². The van der Waals surface area contributed by atoms with Gasteiger partial charge < -0.3 is 19.3 Å². The van der Waals surface area contributed by atoms with E-state index in [2.05, 4.69) is 33.8 Å². The molecule has 0 aliphatic carbocycles. The van der Waals surface area contributed by atoms with Crippen LogP contribution in [0, 0.1) is 0 Å². The summed E-state index contributed by atoms with van der Waals surface area (Å²) in [5.74, 6) is 1.68. The molecule has 0 bridgehead atoms. The smallest absolute Gasteiger partial charge is 0.265 e. The van der Waals surface area contributed by atoms with Gasteiger partial charge in [-0.3, -0.25) is 9.69 Å². The van der Waals surface area contributed by atoms with E-state index in [1.165, 1.54) is 16.9 Å². The van der Waals surface area contributed by atoms with Crippen LogP contribution in [0.5, 0.6) is 11.5 Å². The van der Waals surface area contributed by atoms with Crippen LogP contribution in [0.25, 0.3) is 0 Å². The zero-order chi connectivity index (χ0) is 19.7. The van der Waals surface area contributed by atoms with Gasteiger partial charge in [0, 0.05) is 46.3 Å². The molecule has 2 aromatic rings. The molecule has 2 aliphatic rings. The van der Waals surface area contributed by atoms with E-state index in [1.54, 1.807) is 25.2 Å². The van der Waals surface area contributed by atoms with Crippen molar-refractivity contribution < 1.29 is 14.3 Å². The highest BCUT2D eigenvalue weighted by atomic mass is 32.1. The normalized spacial score (nSPS) is 18.0. The van der Waals surface area contributed by atoms with Gasteiger partial charge in [-0.25, -0.2) is 4.98 Å². The second kappa shape index (κ2) is 7.97. The predicted octanol–water partition coefficient (Wildman–Crippen LogP) is 2.50. The molecule has 3 heterocycles. The van der Waals surface area contributed by atoms with E-state index in [1.807, 2.05) is 6.07 Å². The number of ether oxygens (including phenoxy) is 2. The fraction of sp³-hybridized carbons (Fsp3) is 0.500. The third-order valence-electron chi connectivity index (χ3n) is 5.29. The first-order valence-corrected chi connectivity index (χ1v) is 10.4. The van der Waals surface area contributed by atoms with Crippen LogP contribution in [0.2, 0.25) is 0 Å². The molecule has 150 valence electrons. The molecule has 0 saturated carbocycles. The molecule has 2 aliphatic heterocycles. The average molecular weight is 403 g/mol. The number of hydrogen-bond donors (Lipinski definition) is 0. The van der Waals surface area contributed by atoms with Crippen molar-refractivity contribution in [1.82, 2.24) is 14.8 Å². The van der Waals surface area contributed by atoms with E-state index in [0.29, 0.717) is 24.1 Å². The summed E-state index contributed by atoms with van der Waals surface area (Å²) in [4.78, 5) is 23.6. The van der Waals surface area contributed by atoms with Gasteiger partial charge in [-0.1, -0.05) is 17.4 Å². The van der Waals surface area contributed by atoms with E-state index >= 15 is 0 Å². The molecule has 1 aromatic heterocycles. The lowest BCUT2D eigenvalue weighted by Gasteiger charge is -2.38. The van der Waals surface area contributed by atoms with Crippen LogP contribution in [-0.2, 0) is 0 Å². The highest BCUT2D eigenvalue weighted by molar-refractivity contribution is 7.17. The molecule has 8 heteroatoms. The molecule has 1 aromatic carbocycles. The highest BCUT2D eigenvalue weighted by Gasteiger charge is 2.25. The summed E-state index contributed by atoms with van der Waals surface area (Å²) in [6, 6.07) is 6.55. The average Bonchev–Trinajstić information content (AvgIpc) is 3.22. The molecule has 7 nitrogen and oxygen atoms in total. The van der Waals surface area contributed by atoms with Gasteiger partial charge in [0.05, 0.1) is 6.20 Å². The molecule has 0 N–H and O–H groups in total. The summed E-state index contributed by atoms with van der Waals surface area (Å²) in [6.45, 7) is 7.16. The third kappa shape index (κ3) is 3.79. The van der Waals surface area contributed by atoms with Gasteiger partial charge in [0.2, 0.25) is 0 Å². The molecule has 28 heavy (non-hydrogen) atoms. The van der Waals surface area contributed by atoms with Crippen LogP contribution < -0.4 is 14.4 Å². The SMILES string of the molecule is C[C@@H](c1ccc2c(c1)OCCO2)N1CCN(c2ncc(C(=O)N(C)C)s2)CC1. The van der Waals surface area contributed by atoms with Gasteiger partial charge in [0.25, 0.3) is 5.91 Å². The molecule has 4 rings (SSSR count). The predicted molar refractivity (Wildman–Crippen MR) is 110 cm³/mol. The summed E-state index contributed by atoms with van der Waals surface area (Å²) in [5, 5.41) is 0.928. The minimum absolute atomic E-state index is 0.00890. The quantitative estimate of drug-likeness (QED) is 0.783. The largest absolute Gasteiger partial charge is 0.486 e. The molecule has 1 amide bonds. The van der Waals surface area contributed by atoms with Gasteiger partial charge in [0.15, 0.2) is 16.6 Å². The molecule has 1 saturated heterocycles. The number of benzene rings is 1. The number of piperazine rings is 1. The number of anilines is 1. The van der Waals surface area contributed by atoms with E-state index in [9.17, 15) is 4.79 Å². The van der Waals surface area contributed by atoms with Crippen LogP contribution in [0.3, 0.4) is 0 Å². The first kappa shape index (κ1) is 19.0. The third-order valence-corrected chi connectivity index (χ3v) is 6.34. The van der Waals surface area contributed by atoms with Gasteiger partial charge in [0.1, 0.15) is 18.1 Å². The Morgan fingerprint density at radius 2 is 1.86 bits per heavy atom. The van der Waals surface area contributed by atoms with E-state index in [4.69, 9.17) is 9.47 Å². The lowest BCUT2D eigenvalue weighted by atomic mass is 10.1. The molecule has 0 spiro atoms. The fourth-order valence-corrected chi connectivity index (χ4v) is 4.55. The Balaban J connectivity index is 1.38. The number of fused-ring (bicyclic) bond motifs is 1. The van der Waals surface area contributed by atoms with Crippen LogP contribution in [-0.4, -0.2) is 74.2 Å². The summed E-state index contributed by atoms with van der Waals surface area (Å²) in [5.41, 5.74) is 1.24. The molecular weight excluding hydrogens is 376 g/mol. The molecule has 1 fully saturated rings. The molecule has 0 radical (unpaired) electrons. The zero-order valence-corrected chi connectivity index (χ0v) is 17.4. The number of amides is 1. The zero-order valence-electron chi connectivity index (χ0n) is 16.6. The second-order valence-corrected chi connectivity index (χ2v) is 8.32. The highest BCUT2D eigenvalue weighted by Crippen LogP contribution is 2.34. The van der Waals surface area contributed by atoms with Gasteiger partial charge in [-0.2, -0.15) is 0 Å². The van der Waals surface area contributed by atoms with Crippen LogP contribution >= 0.6 is 11.3 Å². The lowest BCUT2D eigenvalue weighted by Crippen LogP contribution is -2.47. The Kier molecular flexibility index (Phi) is 5.41. The summed E-state index contributed by atoms with van der Waals surface area (Å²) in [7, 11) is 3.53. The number of carbonyl (C=O) groups excluding carboxylic acids is 1. The van der Waals surface area contributed by atoms with Crippen molar-refractivity contribution in [3.63, 3.8) is 0 Å². The minimum Gasteiger partial charge on any atom is -0.486 e. The van der Waals surface area contributed by atoms with Gasteiger partial charge >= 0.3 is 0 Å². The van der Waals surface area contributed by atoms with Crippen molar-refractivity contribution in [2.45, 2.75) is 13.0 Å². The number of thiazole rings is 1. The van der Waals surface area contributed by atoms with Gasteiger partial charge in [-0.15, -0.1) is 0 Å². The van der Waals surface area contributed by atoms with Crippen molar-refractivity contribution in [3.05, 3.63) is 34.8 Å². The van der Waals surface area contributed by atoms with Crippen molar-refractivity contribution in [2.24, 2.45) is 0 Å². The lowest BCUT2D eigenvalue weighted by molar-refractivity contribution is 0.0832. The molecule has 1 atom stereocenters. The van der Waals surface area contributed by atoms with E-state index in [-0.39, 0.29) is 5.91 Å². The first-order valence-electron chi connectivity index (χ1n) is 9.59. The van der Waals surface area contributed by atoms with Gasteiger partial charge in [-0.05, 0) is 24.6 Å². The monoisotopic (exact) mass is 402 g/mol. The minimum atomic E-state index is 0.00890. The topological polar surface area (TPSA) is 58.1 Å². The first-order chi connectivity index (χ1) is 13.5. The maximum absolute atomic E-state index is 12.1. The Bertz CT molecular complexity index is 846. The Morgan fingerprint density at radius 3 is 2.57 bits per heavy atom.